The number of carbonyl (C=O) groups is 6. The van der Waals surface area contributed by atoms with Gasteiger partial charge in [-0.1, -0.05) is 297 Å². The second kappa shape index (κ2) is 49.7. The maximum absolute atomic E-state index is 13.2. The Hall–Kier alpha value is -11.6. The number of hydrogen-bond acceptors (Lipinski definition) is 7. The van der Waals surface area contributed by atoms with E-state index in [4.69, 9.17) is 21.1 Å². The van der Waals surface area contributed by atoms with Gasteiger partial charge in [-0.2, -0.15) is 0 Å². The van der Waals surface area contributed by atoms with Gasteiger partial charge < -0.3 is 21.1 Å². The number of Topliss-reactive ketones (excluding diaryl/α,β-unsaturated/α-hetero) is 3. The Labute approximate surface area is 688 Å². The molecule has 0 heterocycles. The monoisotopic (exact) mass is 1720 g/mol. The quantitative estimate of drug-likeness (QED) is 0.0401. The number of carbonyl (C=O) groups excluding carboxylic acids is 3. The molecule has 0 radical (unpaired) electrons. The van der Waals surface area contributed by atoms with Gasteiger partial charge in [-0.05, 0) is 193 Å². The van der Waals surface area contributed by atoms with Crippen LogP contribution in [-0.4, -0.2) is 50.6 Å². The predicted octanol–water partition coefficient (Wildman–Crippen LogP) is 23.2. The molecule has 0 unspecified atom stereocenters. The molecule has 0 aliphatic carbocycles. The summed E-state index contributed by atoms with van der Waals surface area (Å²) in [6, 6.07) is 102. The maximum atomic E-state index is 13.2. The molecular formula is C97H86Br3F4NO9. The fourth-order valence-corrected chi connectivity index (χ4v) is 12.8. The third kappa shape index (κ3) is 36.3. The highest BCUT2D eigenvalue weighted by atomic mass is 79.9. The number of benzene rings is 13. The Morgan fingerprint density at radius 3 is 0.693 bits per heavy atom. The highest BCUT2D eigenvalue weighted by Gasteiger charge is 2.11. The van der Waals surface area contributed by atoms with Crippen LogP contribution in [0.3, 0.4) is 0 Å². The van der Waals surface area contributed by atoms with Crippen molar-refractivity contribution in [1.29, 1.82) is 0 Å². The van der Waals surface area contributed by atoms with Gasteiger partial charge in [-0.25, -0.2) is 17.6 Å². The van der Waals surface area contributed by atoms with Crippen LogP contribution in [-0.2, 0) is 93.1 Å². The van der Waals surface area contributed by atoms with E-state index in [2.05, 4.69) is 96.3 Å². The second-order valence-electron chi connectivity index (χ2n) is 26.2. The summed E-state index contributed by atoms with van der Waals surface area (Å²) >= 11 is 9.90. The van der Waals surface area contributed by atoms with Gasteiger partial charge in [-0.3, -0.25) is 28.8 Å². The molecule has 0 atom stereocenters. The SMILES string of the molecule is NCc1cccc(F)c1.O=C(CCc1cccc(F)c1)Cc1cccc(-c2ccccc2)c1.O=C(CCc1cccc(F)c1)Cc1cccc(-c2ccccc2)c1.O=C(CCc1cccc(F)c1)Cc1cccc(Br)c1.O=C(O)Cc1cccc(-c2ccccc2)c1.O=C(O)Cc1cccc(Br)c1.O=C(O)Cc1cccc(Br)c1. The van der Waals surface area contributed by atoms with E-state index < -0.39 is 17.9 Å². The van der Waals surface area contributed by atoms with Crippen LogP contribution in [0.15, 0.2) is 347 Å². The lowest BCUT2D eigenvalue weighted by atomic mass is 9.98. The Kier molecular flexibility index (Phi) is 39.1. The molecule has 13 rings (SSSR count). The number of rotatable bonds is 25. The van der Waals surface area contributed by atoms with Gasteiger partial charge in [0.05, 0.1) is 19.3 Å². The van der Waals surface area contributed by atoms with Crippen LogP contribution in [0.1, 0.15) is 74.9 Å². The molecule has 0 aliphatic heterocycles. The van der Waals surface area contributed by atoms with Crippen LogP contribution in [0.5, 0.6) is 0 Å². The molecule has 10 nitrogen and oxygen atoms in total. The first-order valence-corrected chi connectivity index (χ1v) is 38.9. The zero-order chi connectivity index (χ0) is 81.8. The molecule has 0 amide bonds. The van der Waals surface area contributed by atoms with Crippen LogP contribution in [0.4, 0.5) is 17.6 Å². The first kappa shape index (κ1) is 89.6. The molecule has 0 saturated carbocycles. The van der Waals surface area contributed by atoms with Crippen molar-refractivity contribution in [3.05, 3.63) is 426 Å². The summed E-state index contributed by atoms with van der Waals surface area (Å²) in [6.07, 6.45) is 4.53. The van der Waals surface area contributed by atoms with Crippen LogP contribution in [0, 0.1) is 23.3 Å². The van der Waals surface area contributed by atoms with Crippen molar-refractivity contribution in [3.8, 4) is 33.4 Å². The number of aliphatic carboxylic acids is 3. The fourth-order valence-electron chi connectivity index (χ4n) is 11.5. The van der Waals surface area contributed by atoms with Crippen molar-refractivity contribution < 1.29 is 61.6 Å². The van der Waals surface area contributed by atoms with Gasteiger partial charge in [0, 0.05) is 58.5 Å². The van der Waals surface area contributed by atoms with Gasteiger partial charge in [-0.15, -0.1) is 0 Å². The molecule has 0 spiro atoms. The van der Waals surface area contributed by atoms with E-state index in [0.717, 1.165) is 102 Å². The summed E-state index contributed by atoms with van der Waals surface area (Å²) < 4.78 is 54.4. The molecule has 13 aromatic rings. The van der Waals surface area contributed by atoms with E-state index in [9.17, 15) is 46.3 Å². The van der Waals surface area contributed by atoms with E-state index in [1.807, 2.05) is 182 Å². The van der Waals surface area contributed by atoms with Gasteiger partial charge in [0.1, 0.15) is 40.6 Å². The third-order valence-corrected chi connectivity index (χ3v) is 18.4. The van der Waals surface area contributed by atoms with Gasteiger partial charge in [0.25, 0.3) is 0 Å². The first-order valence-electron chi connectivity index (χ1n) is 36.5. The predicted molar refractivity (Wildman–Crippen MR) is 457 cm³/mol. The molecule has 582 valence electrons. The Balaban J connectivity index is 0.000000189. The van der Waals surface area contributed by atoms with Gasteiger partial charge in [0.2, 0.25) is 0 Å². The lowest BCUT2D eigenvalue weighted by molar-refractivity contribution is -0.137. The third-order valence-electron chi connectivity index (χ3n) is 16.9. The number of carboxylic acid groups (broad SMARTS) is 3. The zero-order valence-electron chi connectivity index (χ0n) is 62.5. The van der Waals surface area contributed by atoms with E-state index in [1.165, 1.54) is 48.5 Å². The van der Waals surface area contributed by atoms with E-state index in [1.54, 1.807) is 54.6 Å². The van der Waals surface area contributed by atoms with Crippen molar-refractivity contribution in [2.45, 2.75) is 83.6 Å². The highest BCUT2D eigenvalue weighted by molar-refractivity contribution is 9.11. The zero-order valence-corrected chi connectivity index (χ0v) is 67.2. The normalized spacial score (nSPS) is 10.2. The van der Waals surface area contributed by atoms with Crippen molar-refractivity contribution >= 4 is 83.0 Å². The average molecular weight is 1730 g/mol. The van der Waals surface area contributed by atoms with E-state index >= 15 is 0 Å². The average Bonchev–Trinajstić information content (AvgIpc) is 0.866. The summed E-state index contributed by atoms with van der Waals surface area (Å²) in [5.74, 6) is -2.88. The van der Waals surface area contributed by atoms with Crippen LogP contribution in [0.2, 0.25) is 0 Å². The minimum atomic E-state index is -0.803. The minimum Gasteiger partial charge on any atom is -0.481 e. The Morgan fingerprint density at radius 1 is 0.237 bits per heavy atom. The summed E-state index contributed by atoms with van der Waals surface area (Å²) in [7, 11) is 0. The molecule has 0 aromatic heterocycles. The summed E-state index contributed by atoms with van der Waals surface area (Å²) in [5.41, 5.74) is 20.8. The van der Waals surface area contributed by atoms with Crippen LogP contribution in [0.25, 0.3) is 33.4 Å². The minimum absolute atomic E-state index is 0.0701. The Bertz CT molecular complexity index is 5010. The summed E-state index contributed by atoms with van der Waals surface area (Å²) in [6.45, 7) is 0.401. The van der Waals surface area contributed by atoms with Crippen molar-refractivity contribution in [2.24, 2.45) is 5.73 Å². The summed E-state index contributed by atoms with van der Waals surface area (Å²) in [4.78, 5) is 67.5. The molecule has 0 bridgehead atoms. The molecule has 5 N–H and O–H groups in total. The lowest BCUT2D eigenvalue weighted by Gasteiger charge is -2.06. The van der Waals surface area contributed by atoms with E-state index in [0.29, 0.717) is 64.3 Å². The number of carboxylic acids is 3. The Morgan fingerprint density at radius 2 is 0.447 bits per heavy atom. The van der Waals surface area contributed by atoms with Crippen molar-refractivity contribution in [1.82, 2.24) is 0 Å². The van der Waals surface area contributed by atoms with Crippen molar-refractivity contribution in [3.63, 3.8) is 0 Å². The smallest absolute Gasteiger partial charge is 0.307 e. The molecule has 0 aliphatic rings. The number of nitrogens with two attached hydrogens (primary N) is 1. The first-order chi connectivity index (χ1) is 55.0. The molecule has 0 saturated heterocycles. The second-order valence-corrected chi connectivity index (χ2v) is 28.9. The number of hydrogen-bond donors (Lipinski definition) is 4. The molecule has 114 heavy (non-hydrogen) atoms. The van der Waals surface area contributed by atoms with Gasteiger partial charge in [0.15, 0.2) is 0 Å². The van der Waals surface area contributed by atoms with Crippen molar-refractivity contribution in [2.75, 3.05) is 0 Å². The fraction of sp³-hybridized carbons (Fsp3) is 0.134. The van der Waals surface area contributed by atoms with Crippen LogP contribution >= 0.6 is 47.8 Å². The van der Waals surface area contributed by atoms with E-state index in [-0.39, 0.29) is 59.9 Å². The largest absolute Gasteiger partial charge is 0.481 e. The van der Waals surface area contributed by atoms with Crippen LogP contribution < -0.4 is 5.73 Å². The topological polar surface area (TPSA) is 189 Å². The maximum Gasteiger partial charge on any atom is 0.307 e. The number of aryl methyl sites for hydroxylation is 3. The van der Waals surface area contributed by atoms with Gasteiger partial charge >= 0.3 is 17.9 Å². The standard InChI is InChI=1S/2C22H19FO.C16H14BrFO.C14H12O2.2C8H7BrO2.C7H8FN/c2*23-21-11-5-6-17(15-21)12-13-22(24)16-18-7-4-10-20(14-18)19-8-2-1-3-9-19;17-14-5-1-4-13(9-14)11-16(19)8-7-12-3-2-6-15(18)10-12;15-14(16)10-11-5-4-8-13(9-11)12-6-2-1-3-7-12;2*9-7-3-1-2-6(4-7)5-8(10)11;8-7-3-1-2-6(4-7)5-9/h2*1-11,14-15H,12-13,16H2;1-6,9-10H,7-8,11H2;1-9H,10H2,(H,15,16);2*1-4H,5H2,(H,10,11);1-4H,5,9H2. The summed E-state index contributed by atoms with van der Waals surface area (Å²) in [5, 5.41) is 25.6. The molecular weight excluding hydrogens is 1640 g/mol. The molecule has 13 aromatic carbocycles. The number of halogens is 7. The lowest BCUT2D eigenvalue weighted by Crippen LogP contribution is -2.04. The molecule has 17 heteroatoms. The number of ketones is 3. The molecule has 0 fully saturated rings. The highest BCUT2D eigenvalue weighted by Crippen LogP contribution is 2.25.